The minimum atomic E-state index is -3.29. The summed E-state index contributed by atoms with van der Waals surface area (Å²) < 4.78 is 26.8. The molecule has 128 valence electrons. The smallest absolute Gasteiger partial charge is 0.218 e. The Labute approximate surface area is 143 Å². The van der Waals surface area contributed by atoms with Crippen LogP contribution in [-0.2, 0) is 15.8 Å². The van der Waals surface area contributed by atoms with Crippen molar-refractivity contribution in [3.05, 3.63) is 53.2 Å². The van der Waals surface area contributed by atoms with Crippen molar-refractivity contribution < 1.29 is 8.42 Å². The highest BCUT2D eigenvalue weighted by atomic mass is 32.2. The maximum Gasteiger partial charge on any atom is 0.218 e. The maximum absolute atomic E-state index is 12.6. The summed E-state index contributed by atoms with van der Waals surface area (Å²) in [5.41, 5.74) is 2.78. The molecule has 0 amide bonds. The van der Waals surface area contributed by atoms with Gasteiger partial charge in [-0.3, -0.25) is 0 Å². The number of sulfonamides is 1. The van der Waals surface area contributed by atoms with Crippen LogP contribution in [0.15, 0.2) is 36.4 Å². The third-order valence-corrected chi connectivity index (χ3v) is 6.02. The molecular weight excluding hydrogens is 324 g/mol. The zero-order valence-electron chi connectivity index (χ0n) is 14.0. The molecule has 1 aromatic carbocycles. The van der Waals surface area contributed by atoms with E-state index in [0.29, 0.717) is 26.2 Å². The van der Waals surface area contributed by atoms with Gasteiger partial charge >= 0.3 is 0 Å². The van der Waals surface area contributed by atoms with Crippen LogP contribution in [0.5, 0.6) is 0 Å². The van der Waals surface area contributed by atoms with Crippen molar-refractivity contribution >= 4 is 15.8 Å². The molecule has 0 spiro atoms. The largest absolute Gasteiger partial charge is 0.352 e. The summed E-state index contributed by atoms with van der Waals surface area (Å²) in [6.07, 6.45) is 0. The predicted octanol–water partition coefficient (Wildman–Crippen LogP) is 1.75. The van der Waals surface area contributed by atoms with Gasteiger partial charge in [-0.2, -0.15) is 9.40 Å². The Hall–Kier alpha value is -1.99. The van der Waals surface area contributed by atoms with Gasteiger partial charge in [0.15, 0.2) is 5.82 Å². The third kappa shape index (κ3) is 3.91. The Balaban J connectivity index is 1.64. The van der Waals surface area contributed by atoms with E-state index in [2.05, 4.69) is 15.1 Å². The second-order valence-electron chi connectivity index (χ2n) is 6.16. The lowest BCUT2D eigenvalue weighted by atomic mass is 10.2. The fourth-order valence-corrected chi connectivity index (χ4v) is 4.36. The minimum absolute atomic E-state index is 0.0546. The van der Waals surface area contributed by atoms with Gasteiger partial charge in [0.2, 0.25) is 10.0 Å². The van der Waals surface area contributed by atoms with Gasteiger partial charge in [-0.15, -0.1) is 5.10 Å². The number of nitrogens with zero attached hydrogens (tertiary/aromatic N) is 4. The van der Waals surface area contributed by atoms with E-state index >= 15 is 0 Å². The first-order valence-corrected chi connectivity index (χ1v) is 9.64. The first-order valence-electron chi connectivity index (χ1n) is 8.03. The van der Waals surface area contributed by atoms with Gasteiger partial charge in [0.25, 0.3) is 0 Å². The Morgan fingerprint density at radius 1 is 1.00 bits per heavy atom. The maximum atomic E-state index is 12.6. The lowest BCUT2D eigenvalue weighted by Gasteiger charge is -2.34. The Kier molecular flexibility index (Phi) is 4.82. The summed E-state index contributed by atoms with van der Waals surface area (Å²) in [7, 11) is -3.29. The highest BCUT2D eigenvalue weighted by Gasteiger charge is 2.27. The van der Waals surface area contributed by atoms with E-state index in [9.17, 15) is 8.42 Å². The second kappa shape index (κ2) is 6.86. The van der Waals surface area contributed by atoms with E-state index in [1.807, 2.05) is 50.2 Å². The van der Waals surface area contributed by atoms with Gasteiger partial charge in [-0.25, -0.2) is 8.42 Å². The van der Waals surface area contributed by atoms with E-state index in [1.165, 1.54) is 0 Å². The van der Waals surface area contributed by atoms with Crippen molar-refractivity contribution in [3.63, 3.8) is 0 Å². The molecule has 0 bridgehead atoms. The van der Waals surface area contributed by atoms with Crippen LogP contribution in [0.2, 0.25) is 0 Å². The minimum Gasteiger partial charge on any atom is -0.352 e. The van der Waals surface area contributed by atoms with Gasteiger partial charge < -0.3 is 4.90 Å². The van der Waals surface area contributed by atoms with Crippen molar-refractivity contribution in [2.45, 2.75) is 19.6 Å². The summed E-state index contributed by atoms with van der Waals surface area (Å²) in [6, 6.07) is 11.5. The average molecular weight is 346 g/mol. The molecule has 0 aliphatic carbocycles. The number of rotatable bonds is 4. The van der Waals surface area contributed by atoms with Crippen molar-refractivity contribution in [1.29, 1.82) is 0 Å². The fraction of sp³-hybridized carbons (Fsp3) is 0.412. The molecule has 1 aliphatic heterocycles. The first-order chi connectivity index (χ1) is 11.4. The SMILES string of the molecule is Cc1cccc(CS(=O)(=O)N2CCN(c3ccc(C)nn3)CC2)c1. The molecule has 0 radical (unpaired) electrons. The van der Waals surface area contributed by atoms with E-state index in [0.717, 1.165) is 22.6 Å². The van der Waals surface area contributed by atoms with Crippen molar-refractivity contribution in [2.24, 2.45) is 0 Å². The van der Waals surface area contributed by atoms with Gasteiger partial charge in [-0.05, 0) is 31.5 Å². The van der Waals surface area contributed by atoms with E-state index in [1.54, 1.807) is 4.31 Å². The summed E-state index contributed by atoms with van der Waals surface area (Å²) in [4.78, 5) is 2.07. The first kappa shape index (κ1) is 16.9. The molecule has 2 heterocycles. The summed E-state index contributed by atoms with van der Waals surface area (Å²) in [5.74, 6) is 0.857. The molecular formula is C17H22N4O2S. The van der Waals surface area contributed by atoms with Crippen LogP contribution in [0, 0.1) is 13.8 Å². The number of benzene rings is 1. The summed E-state index contributed by atoms with van der Waals surface area (Å²) in [6.45, 7) is 6.08. The molecule has 1 aliphatic rings. The molecule has 6 nitrogen and oxygen atoms in total. The number of aryl methyl sites for hydroxylation is 2. The van der Waals surface area contributed by atoms with Crippen LogP contribution >= 0.6 is 0 Å². The molecule has 3 rings (SSSR count). The Morgan fingerprint density at radius 3 is 2.38 bits per heavy atom. The number of hydrogen-bond donors (Lipinski definition) is 0. The molecule has 0 N–H and O–H groups in total. The number of anilines is 1. The molecule has 0 atom stereocenters. The summed E-state index contributed by atoms with van der Waals surface area (Å²) in [5, 5.41) is 8.24. The van der Waals surface area contributed by atoms with Crippen LogP contribution in [0.1, 0.15) is 16.8 Å². The predicted molar refractivity (Wildman–Crippen MR) is 94.4 cm³/mol. The van der Waals surface area contributed by atoms with Crippen LogP contribution in [-0.4, -0.2) is 49.1 Å². The zero-order valence-corrected chi connectivity index (χ0v) is 14.8. The van der Waals surface area contributed by atoms with Gasteiger partial charge in [-0.1, -0.05) is 29.8 Å². The molecule has 1 fully saturated rings. The van der Waals surface area contributed by atoms with E-state index in [4.69, 9.17) is 0 Å². The van der Waals surface area contributed by atoms with Crippen molar-refractivity contribution in [1.82, 2.24) is 14.5 Å². The molecule has 2 aromatic rings. The average Bonchev–Trinajstić information content (AvgIpc) is 2.55. The molecule has 1 saturated heterocycles. The Morgan fingerprint density at radius 2 is 1.75 bits per heavy atom. The number of piperazine rings is 1. The fourth-order valence-electron chi connectivity index (χ4n) is 2.86. The van der Waals surface area contributed by atoms with Crippen LogP contribution < -0.4 is 4.90 Å². The summed E-state index contributed by atoms with van der Waals surface area (Å²) >= 11 is 0. The number of aromatic nitrogens is 2. The van der Waals surface area contributed by atoms with E-state index < -0.39 is 10.0 Å². The topological polar surface area (TPSA) is 66.4 Å². The van der Waals surface area contributed by atoms with Gasteiger partial charge in [0.1, 0.15) is 0 Å². The molecule has 7 heteroatoms. The van der Waals surface area contributed by atoms with Gasteiger partial charge in [0, 0.05) is 26.2 Å². The van der Waals surface area contributed by atoms with Crippen molar-refractivity contribution in [3.8, 4) is 0 Å². The molecule has 0 unspecified atom stereocenters. The quantitative estimate of drug-likeness (QED) is 0.844. The van der Waals surface area contributed by atoms with Crippen LogP contribution in [0.3, 0.4) is 0 Å². The van der Waals surface area contributed by atoms with Gasteiger partial charge in [0.05, 0.1) is 11.4 Å². The lowest BCUT2D eigenvalue weighted by molar-refractivity contribution is 0.383. The molecule has 24 heavy (non-hydrogen) atoms. The van der Waals surface area contributed by atoms with E-state index in [-0.39, 0.29) is 5.75 Å². The monoisotopic (exact) mass is 346 g/mol. The number of hydrogen-bond acceptors (Lipinski definition) is 5. The second-order valence-corrected chi connectivity index (χ2v) is 8.13. The lowest BCUT2D eigenvalue weighted by Crippen LogP contribution is -2.49. The zero-order chi connectivity index (χ0) is 17.2. The van der Waals surface area contributed by atoms with Crippen LogP contribution in [0.4, 0.5) is 5.82 Å². The molecule has 0 saturated carbocycles. The third-order valence-electron chi connectivity index (χ3n) is 4.17. The molecule has 1 aromatic heterocycles. The highest BCUT2D eigenvalue weighted by Crippen LogP contribution is 2.17. The highest BCUT2D eigenvalue weighted by molar-refractivity contribution is 7.88. The normalized spacial score (nSPS) is 16.3. The van der Waals surface area contributed by atoms with Crippen molar-refractivity contribution in [2.75, 3.05) is 31.1 Å². The van der Waals surface area contributed by atoms with Crippen LogP contribution in [0.25, 0.3) is 0 Å². The standard InChI is InChI=1S/C17H22N4O2S/c1-14-4-3-5-16(12-14)13-24(22,23)21-10-8-20(9-11-21)17-7-6-15(2)18-19-17/h3-7,12H,8-11,13H2,1-2H3. The Bertz CT molecular complexity index is 798.